The highest BCUT2D eigenvalue weighted by atomic mass is 16.5. The first-order valence-electron chi connectivity index (χ1n) is 13.1. The highest BCUT2D eigenvalue weighted by molar-refractivity contribution is 5.79. The van der Waals surface area contributed by atoms with Crippen molar-refractivity contribution < 1.29 is 18.7 Å². The number of carbonyl (C=O) groups is 2. The number of aromatic nitrogens is 2. The molecule has 1 aliphatic carbocycles. The Morgan fingerprint density at radius 3 is 2.67 bits per heavy atom. The van der Waals surface area contributed by atoms with Crippen molar-refractivity contribution in [2.24, 2.45) is 5.41 Å². The molecule has 1 saturated carbocycles. The Morgan fingerprint density at radius 1 is 1.22 bits per heavy atom. The minimum absolute atomic E-state index is 0.0315. The Kier molecular flexibility index (Phi) is 7.01. The lowest BCUT2D eigenvalue weighted by molar-refractivity contribution is -0.132. The third kappa shape index (κ3) is 5.56. The normalized spacial score (nSPS) is 21.8. The molecule has 9 heteroatoms. The zero-order valence-electron chi connectivity index (χ0n) is 21.5. The number of benzene rings is 1. The fraction of sp³-hybridized carbons (Fsp3) is 0.630. The van der Waals surface area contributed by atoms with Crippen molar-refractivity contribution in [2.45, 2.75) is 70.4 Å². The molecular formula is C27H37N5O4. The second-order valence-corrected chi connectivity index (χ2v) is 11.0. The second-order valence-electron chi connectivity index (χ2n) is 11.0. The third-order valence-electron chi connectivity index (χ3n) is 7.80. The number of rotatable bonds is 8. The number of hydrogen-bond acceptors (Lipinski definition) is 7. The van der Waals surface area contributed by atoms with Gasteiger partial charge in [-0.1, -0.05) is 26.0 Å². The summed E-state index contributed by atoms with van der Waals surface area (Å²) in [5, 5.41) is 11.7. The van der Waals surface area contributed by atoms with Gasteiger partial charge in [-0.05, 0) is 55.2 Å². The molecular weight excluding hydrogens is 458 g/mol. The number of hydrogen-bond donors (Lipinski definition) is 1. The van der Waals surface area contributed by atoms with Crippen molar-refractivity contribution in [3.8, 4) is 5.75 Å². The largest absolute Gasteiger partial charge is 0.497 e. The third-order valence-corrected chi connectivity index (χ3v) is 7.80. The molecule has 1 aromatic carbocycles. The molecule has 2 saturated heterocycles. The van der Waals surface area contributed by atoms with Crippen LogP contribution in [0.3, 0.4) is 0 Å². The SMILES string of the molecule is COc1cccc(CC(=O)N2CCC3(CC2)CC(c2nnc(C(C)C)o2)N(CC(=O)NC2CC2)C3)c1. The second kappa shape index (κ2) is 10.2. The van der Waals surface area contributed by atoms with Crippen LogP contribution >= 0.6 is 0 Å². The summed E-state index contributed by atoms with van der Waals surface area (Å²) in [6.07, 6.45) is 5.18. The van der Waals surface area contributed by atoms with Crippen LogP contribution in [-0.4, -0.2) is 71.1 Å². The van der Waals surface area contributed by atoms with Crippen LogP contribution in [-0.2, 0) is 16.0 Å². The molecule has 1 unspecified atom stereocenters. The van der Waals surface area contributed by atoms with Gasteiger partial charge in [-0.3, -0.25) is 14.5 Å². The zero-order chi connectivity index (χ0) is 25.3. The molecule has 1 N–H and O–H groups in total. The summed E-state index contributed by atoms with van der Waals surface area (Å²) in [5.74, 6) is 2.37. The van der Waals surface area contributed by atoms with Gasteiger partial charge in [0.05, 0.1) is 26.1 Å². The van der Waals surface area contributed by atoms with E-state index in [1.807, 2.05) is 43.0 Å². The van der Waals surface area contributed by atoms with Gasteiger partial charge in [-0.15, -0.1) is 10.2 Å². The summed E-state index contributed by atoms with van der Waals surface area (Å²) in [6.45, 7) is 6.64. The van der Waals surface area contributed by atoms with Crippen LogP contribution in [0.2, 0.25) is 0 Å². The lowest BCUT2D eigenvalue weighted by atomic mass is 9.76. The van der Waals surface area contributed by atoms with Gasteiger partial charge in [-0.25, -0.2) is 0 Å². The number of nitrogens with one attached hydrogen (secondary N) is 1. The molecule has 3 heterocycles. The van der Waals surface area contributed by atoms with Gasteiger partial charge in [0.15, 0.2) is 0 Å². The predicted molar refractivity (Wildman–Crippen MR) is 133 cm³/mol. The molecule has 3 fully saturated rings. The Bertz CT molecular complexity index is 1090. The summed E-state index contributed by atoms with van der Waals surface area (Å²) in [4.78, 5) is 29.9. The smallest absolute Gasteiger partial charge is 0.234 e. The molecule has 1 spiro atoms. The minimum atomic E-state index is -0.0750. The van der Waals surface area contributed by atoms with Gasteiger partial charge in [0, 0.05) is 31.6 Å². The highest BCUT2D eigenvalue weighted by Gasteiger charge is 2.48. The molecule has 36 heavy (non-hydrogen) atoms. The maximum atomic E-state index is 13.0. The molecule has 0 bridgehead atoms. The van der Waals surface area contributed by atoms with Gasteiger partial charge in [0.25, 0.3) is 0 Å². The highest BCUT2D eigenvalue weighted by Crippen LogP contribution is 2.48. The van der Waals surface area contributed by atoms with Crippen molar-refractivity contribution >= 4 is 11.8 Å². The molecule has 5 rings (SSSR count). The van der Waals surface area contributed by atoms with Crippen molar-refractivity contribution in [3.63, 3.8) is 0 Å². The van der Waals surface area contributed by atoms with E-state index in [2.05, 4.69) is 20.4 Å². The van der Waals surface area contributed by atoms with Gasteiger partial charge in [-0.2, -0.15) is 0 Å². The number of amides is 2. The van der Waals surface area contributed by atoms with Gasteiger partial charge < -0.3 is 19.4 Å². The molecule has 2 aromatic rings. The lowest BCUT2D eigenvalue weighted by Gasteiger charge is -2.39. The monoisotopic (exact) mass is 495 g/mol. The first-order chi connectivity index (χ1) is 17.3. The summed E-state index contributed by atoms with van der Waals surface area (Å²) in [5.41, 5.74) is 0.995. The van der Waals surface area contributed by atoms with E-state index in [0.29, 0.717) is 30.8 Å². The van der Waals surface area contributed by atoms with E-state index < -0.39 is 0 Å². The lowest BCUT2D eigenvalue weighted by Crippen LogP contribution is -2.45. The van der Waals surface area contributed by atoms with Gasteiger partial charge >= 0.3 is 0 Å². The molecule has 9 nitrogen and oxygen atoms in total. The van der Waals surface area contributed by atoms with Crippen LogP contribution in [0.15, 0.2) is 28.7 Å². The number of likely N-dealkylation sites (tertiary alicyclic amines) is 2. The molecule has 2 amide bonds. The fourth-order valence-corrected chi connectivity index (χ4v) is 5.52. The van der Waals surface area contributed by atoms with Crippen LogP contribution in [0.4, 0.5) is 0 Å². The van der Waals surface area contributed by atoms with Crippen LogP contribution in [0, 0.1) is 5.41 Å². The van der Waals surface area contributed by atoms with E-state index in [-0.39, 0.29) is 29.2 Å². The topological polar surface area (TPSA) is 101 Å². The maximum absolute atomic E-state index is 13.0. The average molecular weight is 496 g/mol. The van der Waals surface area contributed by atoms with E-state index in [4.69, 9.17) is 9.15 Å². The van der Waals surface area contributed by atoms with E-state index in [1.54, 1.807) is 7.11 Å². The molecule has 0 radical (unpaired) electrons. The van der Waals surface area contributed by atoms with Crippen LogP contribution in [0.25, 0.3) is 0 Å². The first kappa shape index (κ1) is 24.7. The van der Waals surface area contributed by atoms with E-state index in [1.165, 1.54) is 0 Å². The van der Waals surface area contributed by atoms with Crippen molar-refractivity contribution in [1.29, 1.82) is 0 Å². The number of piperidine rings is 1. The van der Waals surface area contributed by atoms with Gasteiger partial charge in [0.1, 0.15) is 5.75 Å². The summed E-state index contributed by atoms with van der Waals surface area (Å²) in [6, 6.07) is 7.95. The number of ether oxygens (including phenoxy) is 1. The van der Waals surface area contributed by atoms with Gasteiger partial charge in [0.2, 0.25) is 23.6 Å². The first-order valence-corrected chi connectivity index (χ1v) is 13.1. The molecule has 2 aliphatic heterocycles. The van der Waals surface area contributed by atoms with Crippen LogP contribution in [0.5, 0.6) is 5.75 Å². The standard InChI is InChI=1S/C27H37N5O4/c1-18(2)25-29-30-26(36-25)22-15-27(17-32(22)16-23(33)28-20-7-8-20)9-11-31(12-10-27)24(34)14-19-5-4-6-21(13-19)35-3/h4-6,13,18,20,22H,7-12,14-17H2,1-3H3,(H,28,33). The minimum Gasteiger partial charge on any atom is -0.497 e. The Hall–Kier alpha value is -2.94. The summed E-state index contributed by atoms with van der Waals surface area (Å²) >= 11 is 0. The van der Waals surface area contributed by atoms with Crippen molar-refractivity contribution in [3.05, 3.63) is 41.6 Å². The van der Waals surface area contributed by atoms with Crippen LogP contribution < -0.4 is 10.1 Å². The summed E-state index contributed by atoms with van der Waals surface area (Å²) < 4.78 is 11.3. The average Bonchev–Trinajstić information content (AvgIpc) is 3.40. The zero-order valence-corrected chi connectivity index (χ0v) is 21.5. The quantitative estimate of drug-likeness (QED) is 0.601. The summed E-state index contributed by atoms with van der Waals surface area (Å²) in [7, 11) is 1.64. The Balaban J connectivity index is 1.24. The molecule has 194 valence electrons. The molecule has 3 aliphatic rings. The number of carbonyl (C=O) groups excluding carboxylic acids is 2. The number of methoxy groups -OCH3 is 1. The predicted octanol–water partition coefficient (Wildman–Crippen LogP) is 3.08. The van der Waals surface area contributed by atoms with Crippen LogP contribution in [0.1, 0.15) is 75.3 Å². The van der Waals surface area contributed by atoms with E-state index >= 15 is 0 Å². The van der Waals surface area contributed by atoms with E-state index in [9.17, 15) is 9.59 Å². The van der Waals surface area contributed by atoms with Crippen molar-refractivity contribution in [2.75, 3.05) is 33.3 Å². The van der Waals surface area contributed by atoms with Crippen molar-refractivity contribution in [1.82, 2.24) is 25.3 Å². The Morgan fingerprint density at radius 2 is 2.00 bits per heavy atom. The number of nitrogens with zero attached hydrogens (tertiary/aromatic N) is 4. The maximum Gasteiger partial charge on any atom is 0.234 e. The fourth-order valence-electron chi connectivity index (χ4n) is 5.52. The molecule has 1 aromatic heterocycles. The molecule has 1 atom stereocenters. The Labute approximate surface area is 212 Å². The van der Waals surface area contributed by atoms with E-state index in [0.717, 1.165) is 63.1 Å².